The van der Waals surface area contributed by atoms with Crippen LogP contribution in [0, 0.1) is 0 Å². The van der Waals surface area contributed by atoms with Gasteiger partial charge in [0.1, 0.15) is 0 Å². The summed E-state index contributed by atoms with van der Waals surface area (Å²) in [7, 11) is 1.72. The molecule has 2 N–H and O–H groups in total. The van der Waals surface area contributed by atoms with Crippen LogP contribution in [0.2, 0.25) is 0 Å². The molecule has 1 atom stereocenters. The van der Waals surface area contributed by atoms with Gasteiger partial charge in [0.25, 0.3) is 0 Å². The number of pyridine rings is 1. The van der Waals surface area contributed by atoms with Crippen molar-refractivity contribution in [2.45, 2.75) is 39.3 Å². The second kappa shape index (κ2) is 7.34. The normalized spacial score (nSPS) is 12.8. The number of rotatable bonds is 7. The molecule has 102 valence electrons. The van der Waals surface area contributed by atoms with Crippen LogP contribution in [0.3, 0.4) is 0 Å². The van der Waals surface area contributed by atoms with Gasteiger partial charge in [-0.2, -0.15) is 0 Å². The van der Waals surface area contributed by atoms with Gasteiger partial charge in [0.05, 0.1) is 24.2 Å². The predicted molar refractivity (Wildman–Crippen MR) is 75.8 cm³/mol. The minimum atomic E-state index is 0.0329. The third-order valence-corrected chi connectivity index (χ3v) is 3.08. The Bertz CT molecular complexity index is 337. The Morgan fingerprint density at radius 1 is 1.39 bits per heavy atom. The summed E-state index contributed by atoms with van der Waals surface area (Å²) in [5, 5.41) is 0. The molecule has 0 unspecified atom stereocenters. The van der Waals surface area contributed by atoms with Gasteiger partial charge in [0.2, 0.25) is 0 Å². The molecular formula is C14H25N3O. The van der Waals surface area contributed by atoms with Gasteiger partial charge < -0.3 is 15.4 Å². The van der Waals surface area contributed by atoms with Crippen LogP contribution in [-0.4, -0.2) is 31.3 Å². The molecule has 4 nitrogen and oxygen atoms in total. The van der Waals surface area contributed by atoms with Gasteiger partial charge in [-0.3, -0.25) is 4.98 Å². The Hall–Kier alpha value is -1.13. The van der Waals surface area contributed by atoms with E-state index >= 15 is 0 Å². The maximum atomic E-state index is 5.96. The van der Waals surface area contributed by atoms with Crippen LogP contribution in [0.25, 0.3) is 0 Å². The highest BCUT2D eigenvalue weighted by Crippen LogP contribution is 2.18. The monoisotopic (exact) mass is 251 g/mol. The van der Waals surface area contributed by atoms with Crippen molar-refractivity contribution in [2.75, 3.05) is 25.2 Å². The van der Waals surface area contributed by atoms with E-state index in [1.54, 1.807) is 7.11 Å². The Morgan fingerprint density at radius 3 is 2.56 bits per heavy atom. The largest absolute Gasteiger partial charge is 0.383 e. The molecule has 0 saturated heterocycles. The quantitative estimate of drug-likeness (QED) is 0.808. The van der Waals surface area contributed by atoms with Gasteiger partial charge in [0, 0.05) is 25.7 Å². The van der Waals surface area contributed by atoms with E-state index < -0.39 is 0 Å². The SMILES string of the molecule is CC[C@@H](N)c1ccc(N(CCOC)C(C)C)cn1. The van der Waals surface area contributed by atoms with Crippen LogP contribution in [0.15, 0.2) is 18.3 Å². The van der Waals surface area contributed by atoms with Crippen molar-refractivity contribution in [1.82, 2.24) is 4.98 Å². The van der Waals surface area contributed by atoms with E-state index in [-0.39, 0.29) is 6.04 Å². The number of anilines is 1. The van der Waals surface area contributed by atoms with Crippen molar-refractivity contribution >= 4 is 5.69 Å². The van der Waals surface area contributed by atoms with E-state index in [1.165, 1.54) is 0 Å². The fraction of sp³-hybridized carbons (Fsp3) is 0.643. The van der Waals surface area contributed by atoms with Crippen molar-refractivity contribution in [1.29, 1.82) is 0 Å². The first kappa shape index (κ1) is 14.9. The van der Waals surface area contributed by atoms with Gasteiger partial charge in [-0.15, -0.1) is 0 Å². The van der Waals surface area contributed by atoms with Crippen molar-refractivity contribution in [3.05, 3.63) is 24.0 Å². The number of methoxy groups -OCH3 is 1. The fourth-order valence-electron chi connectivity index (χ4n) is 1.87. The molecule has 4 heteroatoms. The van der Waals surface area contributed by atoms with Crippen molar-refractivity contribution in [3.8, 4) is 0 Å². The number of ether oxygens (including phenoxy) is 1. The summed E-state index contributed by atoms with van der Waals surface area (Å²) < 4.78 is 5.14. The van der Waals surface area contributed by atoms with Gasteiger partial charge >= 0.3 is 0 Å². The number of aromatic nitrogens is 1. The zero-order valence-electron chi connectivity index (χ0n) is 11.9. The lowest BCUT2D eigenvalue weighted by molar-refractivity contribution is 0.204. The van der Waals surface area contributed by atoms with E-state index in [4.69, 9.17) is 10.5 Å². The molecule has 0 aliphatic carbocycles. The van der Waals surface area contributed by atoms with Crippen LogP contribution in [0.4, 0.5) is 5.69 Å². The molecule has 0 bridgehead atoms. The molecule has 0 radical (unpaired) electrons. The molecule has 1 rings (SSSR count). The topological polar surface area (TPSA) is 51.4 Å². The Labute approximate surface area is 110 Å². The summed E-state index contributed by atoms with van der Waals surface area (Å²) in [5.74, 6) is 0. The molecule has 0 aliphatic heterocycles. The molecular weight excluding hydrogens is 226 g/mol. The fourth-order valence-corrected chi connectivity index (χ4v) is 1.87. The number of nitrogens with two attached hydrogens (primary N) is 1. The summed E-state index contributed by atoms with van der Waals surface area (Å²) in [6, 6.07) is 4.57. The zero-order chi connectivity index (χ0) is 13.5. The highest BCUT2D eigenvalue weighted by atomic mass is 16.5. The van der Waals surface area contributed by atoms with E-state index in [2.05, 4.69) is 36.7 Å². The first-order chi connectivity index (χ1) is 8.60. The second-order valence-corrected chi connectivity index (χ2v) is 4.74. The molecule has 18 heavy (non-hydrogen) atoms. The van der Waals surface area contributed by atoms with Crippen molar-refractivity contribution in [3.63, 3.8) is 0 Å². The summed E-state index contributed by atoms with van der Waals surface area (Å²) in [6.45, 7) is 7.99. The summed E-state index contributed by atoms with van der Waals surface area (Å²) in [5.41, 5.74) is 8.04. The first-order valence-electron chi connectivity index (χ1n) is 6.57. The predicted octanol–water partition coefficient (Wildman–Crippen LogP) is 2.35. The Kier molecular flexibility index (Phi) is 6.09. The van der Waals surface area contributed by atoms with E-state index in [0.717, 1.165) is 24.3 Å². The lowest BCUT2D eigenvalue weighted by Crippen LogP contribution is -2.33. The molecule has 0 saturated carbocycles. The minimum Gasteiger partial charge on any atom is -0.383 e. The summed E-state index contributed by atoms with van der Waals surface area (Å²) in [6.07, 6.45) is 2.81. The van der Waals surface area contributed by atoms with Crippen LogP contribution < -0.4 is 10.6 Å². The van der Waals surface area contributed by atoms with Gasteiger partial charge in [-0.1, -0.05) is 6.92 Å². The number of hydrogen-bond acceptors (Lipinski definition) is 4. The molecule has 1 heterocycles. The smallest absolute Gasteiger partial charge is 0.0637 e. The molecule has 0 aliphatic rings. The average Bonchev–Trinajstić information content (AvgIpc) is 2.38. The molecule has 0 aromatic carbocycles. The highest BCUT2D eigenvalue weighted by Gasteiger charge is 2.11. The molecule has 1 aromatic heterocycles. The summed E-state index contributed by atoms with van der Waals surface area (Å²) >= 11 is 0. The third kappa shape index (κ3) is 3.96. The van der Waals surface area contributed by atoms with E-state index in [0.29, 0.717) is 12.6 Å². The highest BCUT2D eigenvalue weighted by molar-refractivity contribution is 5.45. The first-order valence-corrected chi connectivity index (χ1v) is 6.57. The maximum absolute atomic E-state index is 5.96. The Balaban J connectivity index is 2.80. The lowest BCUT2D eigenvalue weighted by atomic mass is 10.1. The van der Waals surface area contributed by atoms with Gasteiger partial charge in [-0.05, 0) is 32.4 Å². The zero-order valence-corrected chi connectivity index (χ0v) is 11.9. The van der Waals surface area contributed by atoms with Crippen molar-refractivity contribution < 1.29 is 4.74 Å². The van der Waals surface area contributed by atoms with Crippen LogP contribution in [-0.2, 0) is 4.74 Å². The minimum absolute atomic E-state index is 0.0329. The molecule has 0 spiro atoms. The molecule has 1 aromatic rings. The second-order valence-electron chi connectivity index (χ2n) is 4.74. The van der Waals surface area contributed by atoms with Crippen LogP contribution in [0.1, 0.15) is 38.9 Å². The average molecular weight is 251 g/mol. The van der Waals surface area contributed by atoms with Crippen LogP contribution in [0.5, 0.6) is 0 Å². The van der Waals surface area contributed by atoms with Gasteiger partial charge in [-0.25, -0.2) is 0 Å². The molecule has 0 fully saturated rings. The molecule has 0 amide bonds. The van der Waals surface area contributed by atoms with Crippen molar-refractivity contribution in [2.24, 2.45) is 5.73 Å². The van der Waals surface area contributed by atoms with Gasteiger partial charge in [0.15, 0.2) is 0 Å². The van der Waals surface area contributed by atoms with Crippen LogP contribution >= 0.6 is 0 Å². The van der Waals surface area contributed by atoms with E-state index in [1.807, 2.05) is 12.3 Å². The lowest BCUT2D eigenvalue weighted by Gasteiger charge is -2.28. The number of nitrogens with zero attached hydrogens (tertiary/aromatic N) is 2. The standard InChI is InChI=1S/C14H25N3O/c1-5-13(15)14-7-6-12(10-16-14)17(11(2)3)8-9-18-4/h6-7,10-11,13H,5,8-9,15H2,1-4H3/t13-/m1/s1. The number of hydrogen-bond donors (Lipinski definition) is 1. The Morgan fingerprint density at radius 2 is 2.11 bits per heavy atom. The summed E-state index contributed by atoms with van der Waals surface area (Å²) in [4.78, 5) is 6.73. The van der Waals surface area contributed by atoms with E-state index in [9.17, 15) is 0 Å². The third-order valence-electron chi connectivity index (χ3n) is 3.08. The maximum Gasteiger partial charge on any atom is 0.0637 e.